The second kappa shape index (κ2) is 45.1. The van der Waals surface area contributed by atoms with E-state index >= 15 is 0 Å². The first kappa shape index (κ1) is 58.5. The molecule has 0 spiro atoms. The van der Waals surface area contributed by atoms with Gasteiger partial charge < -0.3 is 14.4 Å². The highest BCUT2D eigenvalue weighted by Crippen LogP contribution is 2.28. The van der Waals surface area contributed by atoms with Crippen LogP contribution >= 0.6 is 0 Å². The van der Waals surface area contributed by atoms with Gasteiger partial charge in [0.2, 0.25) is 0 Å². The van der Waals surface area contributed by atoms with Gasteiger partial charge in [0.15, 0.2) is 0 Å². The van der Waals surface area contributed by atoms with Crippen molar-refractivity contribution in [1.29, 1.82) is 0 Å². The van der Waals surface area contributed by atoms with Gasteiger partial charge in [-0.2, -0.15) is 0 Å². The summed E-state index contributed by atoms with van der Waals surface area (Å²) in [5, 5.41) is 0. The molecule has 6 heteroatoms. The van der Waals surface area contributed by atoms with E-state index in [9.17, 15) is 9.59 Å². The molecule has 0 N–H and O–H groups in total. The Balaban J connectivity index is 1.31. The zero-order chi connectivity index (χ0) is 45.6. The molecule has 1 saturated heterocycles. The van der Waals surface area contributed by atoms with E-state index in [1.807, 2.05) is 0 Å². The van der Waals surface area contributed by atoms with Crippen molar-refractivity contribution in [3.05, 3.63) is 36.0 Å². The lowest BCUT2D eigenvalue weighted by Gasteiger charge is -2.31. The molecule has 0 aromatic heterocycles. The molecule has 1 unspecified atom stereocenters. The van der Waals surface area contributed by atoms with Crippen molar-refractivity contribution in [3.8, 4) is 0 Å². The van der Waals surface area contributed by atoms with E-state index in [0.717, 1.165) is 48.0 Å². The molecular formula is C58H105NO4Si. The maximum absolute atomic E-state index is 12.3. The molecule has 2 radical (unpaired) electrons. The molecule has 1 heterocycles. The fourth-order valence-electron chi connectivity index (χ4n) is 9.67. The van der Waals surface area contributed by atoms with Crippen LogP contribution in [0.25, 0.3) is 0 Å². The summed E-state index contributed by atoms with van der Waals surface area (Å²) in [7, 11) is 1.10. The maximum Gasteiger partial charge on any atom is 0.305 e. The minimum Gasteiger partial charge on any atom is -0.466 e. The quantitative estimate of drug-likeness (QED) is 0.0264. The Bertz CT molecular complexity index is 1140. The molecule has 1 aliphatic heterocycles. The molecule has 0 bridgehead atoms. The average molecular weight is 909 g/mol. The van der Waals surface area contributed by atoms with Crippen molar-refractivity contribution in [2.45, 2.75) is 276 Å². The smallest absolute Gasteiger partial charge is 0.305 e. The first-order valence-corrected chi connectivity index (χ1v) is 29.7. The summed E-state index contributed by atoms with van der Waals surface area (Å²) in [6.45, 7) is 9.47. The third kappa shape index (κ3) is 37.4. The molecule has 0 aromatic rings. The number of likely N-dealkylation sites (tertiary alicyclic amines) is 1. The minimum atomic E-state index is 0.0147. The highest BCUT2D eigenvalue weighted by Gasteiger charge is 2.19. The third-order valence-corrected chi connectivity index (χ3v) is 15.5. The number of allylic oxidation sites excluding steroid dienone is 6. The molecule has 0 saturated carbocycles. The summed E-state index contributed by atoms with van der Waals surface area (Å²) < 4.78 is 11.3. The molecule has 5 nitrogen and oxygen atoms in total. The van der Waals surface area contributed by atoms with E-state index in [-0.39, 0.29) is 11.9 Å². The van der Waals surface area contributed by atoms with E-state index in [4.69, 9.17) is 9.47 Å². The van der Waals surface area contributed by atoms with E-state index in [0.29, 0.717) is 37.9 Å². The van der Waals surface area contributed by atoms with Crippen LogP contribution in [0.15, 0.2) is 36.0 Å². The Kier molecular flexibility index (Phi) is 41.2. The number of hydrogen-bond acceptors (Lipinski definition) is 5. The number of esters is 2. The van der Waals surface area contributed by atoms with E-state index in [2.05, 4.69) is 49.1 Å². The van der Waals surface area contributed by atoms with Gasteiger partial charge in [0, 0.05) is 22.4 Å². The lowest BCUT2D eigenvalue weighted by molar-refractivity contribution is -0.145. The predicted octanol–water partition coefficient (Wildman–Crippen LogP) is 17.5. The fourth-order valence-corrected chi connectivity index (χ4v) is 10.8. The van der Waals surface area contributed by atoms with E-state index in [1.54, 1.807) is 5.57 Å². The molecule has 64 heavy (non-hydrogen) atoms. The molecule has 1 fully saturated rings. The number of unbranched alkanes of at least 4 members (excludes halogenated alkanes) is 22. The van der Waals surface area contributed by atoms with Crippen LogP contribution < -0.4 is 0 Å². The van der Waals surface area contributed by atoms with Crippen LogP contribution in [0.4, 0.5) is 0 Å². The molecule has 1 aliphatic carbocycles. The largest absolute Gasteiger partial charge is 0.466 e. The molecule has 0 aromatic carbocycles. The van der Waals surface area contributed by atoms with Crippen molar-refractivity contribution in [2.24, 2.45) is 11.8 Å². The average Bonchev–Trinajstić information content (AvgIpc) is 3.54. The third-order valence-electron chi connectivity index (χ3n) is 14.1. The Morgan fingerprint density at radius 1 is 0.547 bits per heavy atom. The van der Waals surface area contributed by atoms with Crippen LogP contribution in [-0.2, 0) is 19.1 Å². The van der Waals surface area contributed by atoms with Crippen molar-refractivity contribution >= 4 is 21.5 Å². The van der Waals surface area contributed by atoms with Crippen LogP contribution in [0.2, 0.25) is 12.1 Å². The second-order valence-corrected chi connectivity index (χ2v) is 21.5. The summed E-state index contributed by atoms with van der Waals surface area (Å²) in [6.07, 6.45) is 60.1. The molecular weight excluding hydrogens is 803 g/mol. The molecule has 370 valence electrons. The summed E-state index contributed by atoms with van der Waals surface area (Å²) in [5.74, 6) is 1.44. The van der Waals surface area contributed by atoms with Gasteiger partial charge in [0.25, 0.3) is 0 Å². The normalized spacial score (nSPS) is 16.5. The van der Waals surface area contributed by atoms with E-state index in [1.165, 1.54) is 231 Å². The number of ether oxygens (including phenoxy) is 2. The van der Waals surface area contributed by atoms with Gasteiger partial charge in [-0.05, 0) is 160 Å². The Labute approximate surface area is 400 Å². The minimum absolute atomic E-state index is 0.0147. The fraction of sp³-hybridized carbons (Fsp3) is 0.862. The number of carbonyl (C=O) groups is 2. The van der Waals surface area contributed by atoms with Crippen LogP contribution in [0.3, 0.4) is 0 Å². The Morgan fingerprint density at radius 3 is 1.48 bits per heavy atom. The van der Waals surface area contributed by atoms with Gasteiger partial charge in [-0.1, -0.05) is 171 Å². The van der Waals surface area contributed by atoms with Crippen LogP contribution in [0.5, 0.6) is 0 Å². The van der Waals surface area contributed by atoms with Crippen LogP contribution in [-0.4, -0.2) is 59.2 Å². The van der Waals surface area contributed by atoms with Gasteiger partial charge in [0.05, 0.1) is 13.2 Å². The lowest BCUT2D eigenvalue weighted by Crippen LogP contribution is -2.34. The lowest BCUT2D eigenvalue weighted by atomic mass is 9.94. The molecule has 2 aliphatic rings. The Hall–Kier alpha value is -1.66. The number of carbonyl (C=O) groups excluding carboxylic acids is 2. The predicted molar refractivity (Wildman–Crippen MR) is 278 cm³/mol. The summed E-state index contributed by atoms with van der Waals surface area (Å²) in [6, 6.07) is 2.76. The summed E-state index contributed by atoms with van der Waals surface area (Å²) in [4.78, 5) is 27.3. The van der Waals surface area contributed by atoms with Gasteiger partial charge >= 0.3 is 11.9 Å². The van der Waals surface area contributed by atoms with Gasteiger partial charge in [-0.15, -0.1) is 0 Å². The number of hydrogen-bond donors (Lipinski definition) is 0. The monoisotopic (exact) mass is 908 g/mol. The van der Waals surface area contributed by atoms with Crippen molar-refractivity contribution in [2.75, 3.05) is 32.8 Å². The second-order valence-electron chi connectivity index (χ2n) is 20.0. The topological polar surface area (TPSA) is 55.8 Å². The van der Waals surface area contributed by atoms with Crippen LogP contribution in [0, 0.1) is 11.8 Å². The molecule has 2 rings (SSSR count). The zero-order valence-electron chi connectivity index (χ0n) is 42.6. The first-order valence-electron chi connectivity index (χ1n) is 28.3. The summed E-state index contributed by atoms with van der Waals surface area (Å²) >= 11 is 0. The van der Waals surface area contributed by atoms with Gasteiger partial charge in [-0.3, -0.25) is 9.59 Å². The maximum atomic E-state index is 12.3. The highest BCUT2D eigenvalue weighted by molar-refractivity contribution is 6.35. The van der Waals surface area contributed by atoms with Crippen LogP contribution in [0.1, 0.15) is 264 Å². The van der Waals surface area contributed by atoms with Gasteiger partial charge in [-0.25, -0.2) is 0 Å². The number of rotatable bonds is 44. The Morgan fingerprint density at radius 2 is 0.984 bits per heavy atom. The SMILES string of the molecule is CCCCCCCC/C=C\CCCCCCCC(=O)OCCC1CCC=C(CCC[Si]CCCN2CCC(CCOC(=O)CCCCCCC/C=C\CCCCCCCC)CC2)CC1. The first-order chi connectivity index (χ1) is 31.6. The molecule has 0 amide bonds. The highest BCUT2D eigenvalue weighted by atomic mass is 28.2. The molecule has 1 atom stereocenters. The number of nitrogens with zero attached hydrogens (tertiary/aromatic N) is 1. The standard InChI is InChI=1S/C58H105NO4Si/c1-3-5-7-9-11-13-15-17-19-21-23-25-27-29-31-39-57(60)62-50-45-55-37-33-36-54(41-42-55)38-34-52-64-53-35-47-59-48-43-56(44-49-59)46-51-63-58(61)40-32-30-28-26-24-22-20-18-16-14-12-10-8-6-4-2/h17-20,36,55-56H,3-16,21-35,37-53H2,1-2H3/b19-17-,20-18-. The van der Waals surface area contributed by atoms with Crippen molar-refractivity contribution < 1.29 is 19.1 Å². The van der Waals surface area contributed by atoms with E-state index < -0.39 is 0 Å². The van der Waals surface area contributed by atoms with Crippen molar-refractivity contribution in [1.82, 2.24) is 4.90 Å². The number of piperidine rings is 1. The zero-order valence-corrected chi connectivity index (χ0v) is 43.6. The van der Waals surface area contributed by atoms with Gasteiger partial charge in [0.1, 0.15) is 0 Å². The summed E-state index contributed by atoms with van der Waals surface area (Å²) in [5.41, 5.74) is 1.68. The van der Waals surface area contributed by atoms with Crippen molar-refractivity contribution in [3.63, 3.8) is 0 Å².